The Hall–Kier alpha value is -1.19. The molecule has 0 N–H and O–H groups in total. The number of hydrogen-bond donors (Lipinski definition) is 0. The first-order valence-electron chi connectivity index (χ1n) is 2.82. The average molecular weight is 143 g/mol. The van der Waals surface area contributed by atoms with Crippen LogP contribution in [0.1, 0.15) is 13.8 Å². The smallest absolute Gasteiger partial charge is 0.226 e. The lowest BCUT2D eigenvalue weighted by atomic mass is 10.5. The molecular formula is C6H9NO3. The Morgan fingerprint density at radius 1 is 1.30 bits per heavy atom. The Labute approximate surface area is 58.8 Å². The maximum atomic E-state index is 10.5. The van der Waals surface area contributed by atoms with Gasteiger partial charge in [-0.2, -0.15) is 0 Å². The summed E-state index contributed by atoms with van der Waals surface area (Å²) in [5.74, 6) is -0.806. The first kappa shape index (κ1) is 8.81. The van der Waals surface area contributed by atoms with Gasteiger partial charge >= 0.3 is 0 Å². The molecule has 0 aliphatic carbocycles. The lowest BCUT2D eigenvalue weighted by Crippen LogP contribution is -2.34. The summed E-state index contributed by atoms with van der Waals surface area (Å²) in [6.45, 7) is 2.33. The number of imide groups is 1. The third kappa shape index (κ3) is 2.39. The number of carbonyl (C=O) groups is 3. The van der Waals surface area contributed by atoms with E-state index in [4.69, 9.17) is 0 Å². The van der Waals surface area contributed by atoms with Crippen LogP contribution in [0.5, 0.6) is 0 Å². The Bertz CT molecular complexity index is 150. The number of nitrogens with zero attached hydrogens (tertiary/aromatic N) is 1. The minimum atomic E-state index is -0.403. The predicted octanol–water partition coefficient (Wildman–Crippen LogP) is -0.420. The highest BCUT2D eigenvalue weighted by atomic mass is 16.2. The van der Waals surface area contributed by atoms with Crippen LogP contribution in [0.25, 0.3) is 0 Å². The number of hydrogen-bond acceptors (Lipinski definition) is 3. The van der Waals surface area contributed by atoms with Gasteiger partial charge in [0.1, 0.15) is 6.29 Å². The van der Waals surface area contributed by atoms with Crippen molar-refractivity contribution in [3.05, 3.63) is 0 Å². The molecule has 0 fully saturated rings. The molecule has 2 amide bonds. The monoisotopic (exact) mass is 143 g/mol. The Morgan fingerprint density at radius 3 is 1.80 bits per heavy atom. The van der Waals surface area contributed by atoms with Crippen molar-refractivity contribution in [1.82, 2.24) is 4.90 Å². The third-order valence-electron chi connectivity index (χ3n) is 1.02. The third-order valence-corrected chi connectivity index (χ3v) is 1.02. The number of rotatable bonds is 2. The molecule has 0 aliphatic rings. The topological polar surface area (TPSA) is 54.5 Å². The zero-order valence-electron chi connectivity index (χ0n) is 5.96. The summed E-state index contributed by atoms with van der Waals surface area (Å²) in [7, 11) is 0. The van der Waals surface area contributed by atoms with Gasteiger partial charge in [-0.3, -0.25) is 14.5 Å². The molecule has 0 rings (SSSR count). The highest BCUT2D eigenvalue weighted by Gasteiger charge is 2.11. The number of carbonyl (C=O) groups excluding carboxylic acids is 3. The number of aldehydes is 1. The Morgan fingerprint density at radius 2 is 1.70 bits per heavy atom. The van der Waals surface area contributed by atoms with E-state index in [1.165, 1.54) is 13.8 Å². The van der Waals surface area contributed by atoms with Gasteiger partial charge in [0.2, 0.25) is 11.8 Å². The minimum Gasteiger partial charge on any atom is -0.301 e. The molecule has 0 spiro atoms. The van der Waals surface area contributed by atoms with E-state index in [0.717, 1.165) is 4.90 Å². The summed E-state index contributed by atoms with van der Waals surface area (Å²) < 4.78 is 0. The van der Waals surface area contributed by atoms with Gasteiger partial charge in [-0.15, -0.1) is 0 Å². The van der Waals surface area contributed by atoms with Crippen LogP contribution in [0.4, 0.5) is 0 Å². The van der Waals surface area contributed by atoms with E-state index in [9.17, 15) is 14.4 Å². The van der Waals surface area contributed by atoms with Crippen molar-refractivity contribution in [2.75, 3.05) is 6.54 Å². The molecule has 0 aromatic rings. The van der Waals surface area contributed by atoms with Crippen molar-refractivity contribution in [2.45, 2.75) is 13.8 Å². The summed E-state index contributed by atoms with van der Waals surface area (Å²) in [6.07, 6.45) is 0.517. The van der Waals surface area contributed by atoms with Crippen LogP contribution in [-0.2, 0) is 14.4 Å². The van der Waals surface area contributed by atoms with Crippen LogP contribution in [0.15, 0.2) is 0 Å². The van der Waals surface area contributed by atoms with Gasteiger partial charge in [0.25, 0.3) is 0 Å². The maximum absolute atomic E-state index is 10.5. The Kier molecular flexibility index (Phi) is 3.32. The van der Waals surface area contributed by atoms with Gasteiger partial charge in [-0.25, -0.2) is 0 Å². The first-order chi connectivity index (χ1) is 4.59. The molecule has 4 heteroatoms. The van der Waals surface area contributed by atoms with Crippen LogP contribution in [0.3, 0.4) is 0 Å². The van der Waals surface area contributed by atoms with Crippen molar-refractivity contribution in [1.29, 1.82) is 0 Å². The van der Waals surface area contributed by atoms with Crippen LogP contribution < -0.4 is 0 Å². The van der Waals surface area contributed by atoms with Crippen LogP contribution in [-0.4, -0.2) is 29.5 Å². The lowest BCUT2D eigenvalue weighted by molar-refractivity contribution is -0.143. The first-order valence-corrected chi connectivity index (χ1v) is 2.82. The lowest BCUT2D eigenvalue weighted by Gasteiger charge is -2.11. The van der Waals surface area contributed by atoms with Gasteiger partial charge in [0.05, 0.1) is 6.54 Å². The molecule has 4 nitrogen and oxygen atoms in total. The minimum absolute atomic E-state index is 0.148. The van der Waals surface area contributed by atoms with Crippen LogP contribution >= 0.6 is 0 Å². The second-order valence-corrected chi connectivity index (χ2v) is 1.82. The van der Waals surface area contributed by atoms with Crippen molar-refractivity contribution < 1.29 is 14.4 Å². The van der Waals surface area contributed by atoms with Crippen molar-refractivity contribution >= 4 is 18.1 Å². The second kappa shape index (κ2) is 3.76. The van der Waals surface area contributed by atoms with E-state index < -0.39 is 11.8 Å². The SMILES string of the molecule is CC(=O)N(CC=O)C(C)=O. The molecule has 0 heterocycles. The molecule has 0 aromatic carbocycles. The summed E-state index contributed by atoms with van der Waals surface area (Å²) in [5.41, 5.74) is 0. The van der Waals surface area contributed by atoms with E-state index >= 15 is 0 Å². The summed E-state index contributed by atoms with van der Waals surface area (Å²) in [6, 6.07) is 0. The van der Waals surface area contributed by atoms with E-state index in [1.54, 1.807) is 0 Å². The second-order valence-electron chi connectivity index (χ2n) is 1.82. The molecule has 56 valence electrons. The largest absolute Gasteiger partial charge is 0.301 e. The van der Waals surface area contributed by atoms with Gasteiger partial charge in [0.15, 0.2) is 0 Å². The standard InChI is InChI=1S/C6H9NO3/c1-5(9)7(3-4-8)6(2)10/h4H,3H2,1-2H3. The van der Waals surface area contributed by atoms with Crippen LogP contribution in [0, 0.1) is 0 Å². The van der Waals surface area contributed by atoms with E-state index in [1.807, 2.05) is 0 Å². The summed E-state index contributed by atoms with van der Waals surface area (Å²) in [4.78, 5) is 31.8. The molecule has 0 atom stereocenters. The van der Waals surface area contributed by atoms with Crippen molar-refractivity contribution in [3.63, 3.8) is 0 Å². The van der Waals surface area contributed by atoms with E-state index in [2.05, 4.69) is 0 Å². The zero-order valence-corrected chi connectivity index (χ0v) is 5.96. The fourth-order valence-corrected chi connectivity index (χ4v) is 0.553. The highest BCUT2D eigenvalue weighted by Crippen LogP contribution is 1.87. The molecule has 0 bridgehead atoms. The molecule has 0 radical (unpaired) electrons. The quantitative estimate of drug-likeness (QED) is 0.493. The zero-order chi connectivity index (χ0) is 8.15. The summed E-state index contributed by atoms with van der Waals surface area (Å²) >= 11 is 0. The highest BCUT2D eigenvalue weighted by molar-refractivity contribution is 5.94. The average Bonchev–Trinajstić information content (AvgIpc) is 1.81. The van der Waals surface area contributed by atoms with E-state index in [0.29, 0.717) is 6.29 Å². The molecule has 0 saturated carbocycles. The van der Waals surface area contributed by atoms with E-state index in [-0.39, 0.29) is 6.54 Å². The normalized spacial score (nSPS) is 8.60. The van der Waals surface area contributed by atoms with Gasteiger partial charge < -0.3 is 4.79 Å². The van der Waals surface area contributed by atoms with Gasteiger partial charge in [-0.1, -0.05) is 0 Å². The Balaban J connectivity index is 4.11. The van der Waals surface area contributed by atoms with Crippen LogP contribution in [0.2, 0.25) is 0 Å². The predicted molar refractivity (Wildman–Crippen MR) is 34.1 cm³/mol. The molecule has 0 aromatic heterocycles. The van der Waals surface area contributed by atoms with Crippen molar-refractivity contribution in [3.8, 4) is 0 Å². The van der Waals surface area contributed by atoms with Gasteiger partial charge in [0, 0.05) is 13.8 Å². The fourth-order valence-electron chi connectivity index (χ4n) is 0.553. The fraction of sp³-hybridized carbons (Fsp3) is 0.500. The molecule has 0 unspecified atom stereocenters. The van der Waals surface area contributed by atoms with Crippen molar-refractivity contribution in [2.24, 2.45) is 0 Å². The summed E-state index contributed by atoms with van der Waals surface area (Å²) in [5, 5.41) is 0. The molecule has 0 saturated heterocycles. The number of amides is 2. The maximum Gasteiger partial charge on any atom is 0.226 e. The molecule has 10 heavy (non-hydrogen) atoms. The van der Waals surface area contributed by atoms with Gasteiger partial charge in [-0.05, 0) is 0 Å². The molecule has 0 aliphatic heterocycles. The molecular weight excluding hydrogens is 134 g/mol.